The first kappa shape index (κ1) is 15.2. The number of ether oxygens (including phenoxy) is 1. The number of aromatic nitrogens is 2. The van der Waals surface area contributed by atoms with Crippen molar-refractivity contribution in [2.45, 2.75) is 24.5 Å². The van der Waals surface area contributed by atoms with Gasteiger partial charge in [0.1, 0.15) is 18.0 Å². The summed E-state index contributed by atoms with van der Waals surface area (Å²) in [6.07, 6.45) is -1.84. The van der Waals surface area contributed by atoms with E-state index in [2.05, 4.69) is 15.6 Å². The Morgan fingerprint density at radius 3 is 2.90 bits per heavy atom. The van der Waals surface area contributed by atoms with Gasteiger partial charge in [-0.25, -0.2) is 9.59 Å². The third kappa shape index (κ3) is 2.96. The number of anilines is 1. The number of carbonyl (C=O) groups excluding carboxylic acids is 1. The third-order valence-corrected chi connectivity index (χ3v) is 3.21. The molecule has 0 spiro atoms. The lowest BCUT2D eigenvalue weighted by Crippen LogP contribution is -2.51. The Kier molecular flexibility index (Phi) is 4.40. The molecule has 21 heavy (non-hydrogen) atoms. The van der Waals surface area contributed by atoms with Crippen LogP contribution >= 0.6 is 0 Å². The van der Waals surface area contributed by atoms with E-state index in [0.29, 0.717) is 0 Å². The van der Waals surface area contributed by atoms with Crippen LogP contribution < -0.4 is 22.1 Å². The van der Waals surface area contributed by atoms with E-state index in [1.54, 1.807) is 0 Å². The Morgan fingerprint density at radius 1 is 1.62 bits per heavy atom. The highest BCUT2D eigenvalue weighted by atomic mass is 16.5. The zero-order chi connectivity index (χ0) is 15.6. The molecule has 10 heteroatoms. The van der Waals surface area contributed by atoms with Crippen LogP contribution in [0, 0.1) is 0 Å². The molecular weight excluding hydrogens is 282 g/mol. The van der Waals surface area contributed by atoms with E-state index in [1.807, 2.05) is 0 Å². The fourth-order valence-electron chi connectivity index (χ4n) is 2.15. The Bertz CT molecular complexity index is 576. The predicted octanol–water partition coefficient (Wildman–Crippen LogP) is -2.63. The van der Waals surface area contributed by atoms with Gasteiger partial charge in [-0.2, -0.15) is 4.98 Å². The summed E-state index contributed by atoms with van der Waals surface area (Å²) in [6.45, 7) is -0.431. The van der Waals surface area contributed by atoms with E-state index < -0.39 is 42.8 Å². The van der Waals surface area contributed by atoms with Crippen LogP contribution in [0.3, 0.4) is 0 Å². The molecule has 1 aromatic heterocycles. The molecule has 1 aromatic rings. The molecule has 2 heterocycles. The second-order valence-corrected chi connectivity index (χ2v) is 4.53. The van der Waals surface area contributed by atoms with Crippen LogP contribution in [0.1, 0.15) is 6.23 Å². The van der Waals surface area contributed by atoms with Crippen LogP contribution in [0.2, 0.25) is 0 Å². The van der Waals surface area contributed by atoms with E-state index in [9.17, 15) is 19.8 Å². The van der Waals surface area contributed by atoms with Crippen molar-refractivity contribution < 1.29 is 19.7 Å². The van der Waals surface area contributed by atoms with Gasteiger partial charge < -0.3 is 31.3 Å². The Morgan fingerprint density at radius 2 is 2.33 bits per heavy atom. The Hall–Kier alpha value is -2.17. The van der Waals surface area contributed by atoms with Crippen LogP contribution in [0.5, 0.6) is 0 Å². The van der Waals surface area contributed by atoms with Crippen molar-refractivity contribution in [1.82, 2.24) is 20.2 Å². The van der Waals surface area contributed by atoms with Crippen molar-refractivity contribution >= 4 is 11.8 Å². The molecule has 0 bridgehead atoms. The number of hydrogen-bond acceptors (Lipinski definition) is 7. The highest BCUT2D eigenvalue weighted by molar-refractivity contribution is 5.74. The maximum atomic E-state index is 11.8. The lowest BCUT2D eigenvalue weighted by molar-refractivity contribution is -0.0531. The van der Waals surface area contributed by atoms with Gasteiger partial charge in [-0.3, -0.25) is 4.57 Å². The third-order valence-electron chi connectivity index (χ3n) is 3.21. The second-order valence-electron chi connectivity index (χ2n) is 4.53. The molecule has 2 rings (SSSR count). The van der Waals surface area contributed by atoms with Crippen molar-refractivity contribution in [2.24, 2.45) is 0 Å². The molecule has 0 aliphatic carbocycles. The molecular formula is C11H17N5O5. The van der Waals surface area contributed by atoms with Crippen LogP contribution in [-0.2, 0) is 4.74 Å². The smallest absolute Gasteiger partial charge is 0.351 e. The van der Waals surface area contributed by atoms with Gasteiger partial charge in [0.25, 0.3) is 0 Å². The summed E-state index contributed by atoms with van der Waals surface area (Å²) >= 11 is 0. The highest BCUT2D eigenvalue weighted by Crippen LogP contribution is 2.28. The van der Waals surface area contributed by atoms with Crippen LogP contribution in [0.4, 0.5) is 10.6 Å². The minimum atomic E-state index is -1.23. The van der Waals surface area contributed by atoms with Crippen LogP contribution in [-0.4, -0.2) is 57.7 Å². The predicted molar refractivity (Wildman–Crippen MR) is 71.3 cm³/mol. The van der Waals surface area contributed by atoms with E-state index in [0.717, 1.165) is 4.57 Å². The van der Waals surface area contributed by atoms with E-state index in [-0.39, 0.29) is 5.82 Å². The summed E-state index contributed by atoms with van der Waals surface area (Å²) in [7, 11) is 1.41. The molecule has 0 unspecified atom stereocenters. The van der Waals surface area contributed by atoms with E-state index >= 15 is 0 Å². The Labute approximate surface area is 119 Å². The monoisotopic (exact) mass is 299 g/mol. The van der Waals surface area contributed by atoms with E-state index in [1.165, 1.54) is 19.3 Å². The van der Waals surface area contributed by atoms with Crippen molar-refractivity contribution in [2.75, 3.05) is 19.4 Å². The summed E-state index contributed by atoms with van der Waals surface area (Å²) < 4.78 is 6.48. The molecule has 0 aromatic carbocycles. The van der Waals surface area contributed by atoms with Gasteiger partial charge in [-0.1, -0.05) is 0 Å². The van der Waals surface area contributed by atoms with Crippen molar-refractivity contribution in [3.05, 3.63) is 22.7 Å². The first-order valence-corrected chi connectivity index (χ1v) is 6.25. The van der Waals surface area contributed by atoms with Gasteiger partial charge in [0, 0.05) is 13.2 Å². The number of nitrogens with zero attached hydrogens (tertiary/aromatic N) is 2. The maximum Gasteiger partial charge on any atom is 0.351 e. The summed E-state index contributed by atoms with van der Waals surface area (Å²) in [6, 6.07) is -0.0285. The maximum absolute atomic E-state index is 11.8. The first-order valence-electron chi connectivity index (χ1n) is 6.25. The number of nitrogens with two attached hydrogens (primary N) is 1. The SMILES string of the molecule is CNC(=O)N[C@H]1[C@@H](O)[C@H](n2ccc(N)nc2=O)O[C@@H]1CO. The number of nitrogens with one attached hydrogen (secondary N) is 2. The van der Waals surface area contributed by atoms with Crippen LogP contribution in [0.25, 0.3) is 0 Å². The molecule has 0 saturated carbocycles. The number of urea groups is 1. The average Bonchev–Trinajstić information content (AvgIpc) is 2.76. The minimum Gasteiger partial charge on any atom is -0.394 e. The van der Waals surface area contributed by atoms with Crippen molar-refractivity contribution in [3.63, 3.8) is 0 Å². The lowest BCUT2D eigenvalue weighted by atomic mass is 10.1. The number of hydrogen-bond donors (Lipinski definition) is 5. The number of carbonyl (C=O) groups is 1. The van der Waals surface area contributed by atoms with Gasteiger partial charge in [0.15, 0.2) is 6.23 Å². The average molecular weight is 299 g/mol. The van der Waals surface area contributed by atoms with Gasteiger partial charge in [0.05, 0.1) is 12.6 Å². The fraction of sp³-hybridized carbons (Fsp3) is 0.545. The molecule has 1 saturated heterocycles. The number of rotatable bonds is 3. The zero-order valence-corrected chi connectivity index (χ0v) is 11.3. The summed E-state index contributed by atoms with van der Waals surface area (Å²) in [5.41, 5.74) is 4.69. The molecule has 10 nitrogen and oxygen atoms in total. The van der Waals surface area contributed by atoms with Crippen molar-refractivity contribution in [1.29, 1.82) is 0 Å². The molecule has 6 N–H and O–H groups in total. The topological polar surface area (TPSA) is 152 Å². The second kappa shape index (κ2) is 6.08. The molecule has 2 amide bonds. The standard InChI is InChI=1S/C11H17N5O5/c1-13-10(19)15-7-5(4-17)21-9(8(7)18)16-3-2-6(12)14-11(16)20/h2-3,5,7-9,17-18H,4H2,1H3,(H2,12,14,20)(H2,13,15,19)/t5-,7-,8-,9-/m1/s1. The first-order chi connectivity index (χ1) is 9.97. The molecule has 1 aliphatic heterocycles. The summed E-state index contributed by atoms with van der Waals surface area (Å²) in [5, 5.41) is 24.3. The van der Waals surface area contributed by atoms with Gasteiger partial charge in [-0.05, 0) is 6.07 Å². The molecule has 4 atom stereocenters. The molecule has 116 valence electrons. The molecule has 1 aliphatic rings. The normalized spacial score (nSPS) is 28.3. The fourth-order valence-corrected chi connectivity index (χ4v) is 2.15. The quantitative estimate of drug-likeness (QED) is 0.409. The number of aliphatic hydroxyl groups is 2. The van der Waals surface area contributed by atoms with Gasteiger partial charge in [-0.15, -0.1) is 0 Å². The zero-order valence-electron chi connectivity index (χ0n) is 11.3. The largest absolute Gasteiger partial charge is 0.394 e. The van der Waals surface area contributed by atoms with Gasteiger partial charge in [0.2, 0.25) is 0 Å². The number of amides is 2. The molecule has 1 fully saturated rings. The van der Waals surface area contributed by atoms with Crippen LogP contribution in [0.15, 0.2) is 17.1 Å². The summed E-state index contributed by atoms with van der Waals surface area (Å²) in [4.78, 5) is 26.7. The lowest BCUT2D eigenvalue weighted by Gasteiger charge is -2.20. The van der Waals surface area contributed by atoms with Gasteiger partial charge >= 0.3 is 11.7 Å². The molecule has 0 radical (unpaired) electrons. The minimum absolute atomic E-state index is 0.0440. The Balaban J connectivity index is 2.26. The number of nitrogen functional groups attached to an aromatic ring is 1. The summed E-state index contributed by atoms with van der Waals surface area (Å²) in [5.74, 6) is 0.0440. The van der Waals surface area contributed by atoms with Crippen molar-refractivity contribution in [3.8, 4) is 0 Å². The number of aliphatic hydroxyl groups excluding tert-OH is 2. The van der Waals surface area contributed by atoms with E-state index in [4.69, 9.17) is 10.5 Å². The highest BCUT2D eigenvalue weighted by Gasteiger charge is 2.45.